The fraction of sp³-hybridized carbons (Fsp3) is 0.318. The molecule has 1 aromatic heterocycles. The Morgan fingerprint density at radius 1 is 1.27 bits per heavy atom. The molecular formula is C22H22ClFN4OS. The smallest absolute Gasteiger partial charge is 0.233 e. The molecular weight excluding hydrogens is 423 g/mol. The lowest BCUT2D eigenvalue weighted by Gasteiger charge is -2.23. The number of rotatable bonds is 7. The number of amides is 1. The van der Waals surface area contributed by atoms with Crippen molar-refractivity contribution >= 4 is 29.3 Å². The number of carbonyl (C=O) groups is 1. The molecule has 156 valence electrons. The first-order valence-corrected chi connectivity index (χ1v) is 11.1. The first-order valence-electron chi connectivity index (χ1n) is 9.77. The van der Waals surface area contributed by atoms with E-state index in [2.05, 4.69) is 36.2 Å². The Bertz CT molecular complexity index is 1060. The highest BCUT2D eigenvalue weighted by molar-refractivity contribution is 7.99. The van der Waals surface area contributed by atoms with Crippen molar-refractivity contribution in [3.05, 3.63) is 70.3 Å². The maximum atomic E-state index is 14.2. The number of hydrogen-bond donors (Lipinski definition) is 0. The second-order valence-electron chi connectivity index (χ2n) is 7.49. The van der Waals surface area contributed by atoms with Gasteiger partial charge in [0.2, 0.25) is 5.91 Å². The number of benzene rings is 2. The van der Waals surface area contributed by atoms with E-state index in [9.17, 15) is 9.18 Å². The van der Waals surface area contributed by atoms with Crippen LogP contribution in [0.25, 0.3) is 5.69 Å². The van der Waals surface area contributed by atoms with Gasteiger partial charge in [0.25, 0.3) is 0 Å². The van der Waals surface area contributed by atoms with Crippen molar-refractivity contribution in [2.45, 2.75) is 44.4 Å². The highest BCUT2D eigenvalue weighted by atomic mass is 35.5. The molecule has 1 aliphatic rings. The Labute approximate surface area is 184 Å². The third-order valence-corrected chi connectivity index (χ3v) is 6.59. The van der Waals surface area contributed by atoms with Gasteiger partial charge < -0.3 is 4.90 Å². The molecule has 8 heteroatoms. The lowest BCUT2D eigenvalue weighted by atomic mass is 10.1. The van der Waals surface area contributed by atoms with E-state index < -0.39 is 0 Å². The lowest BCUT2D eigenvalue weighted by Crippen LogP contribution is -2.34. The minimum Gasteiger partial charge on any atom is -0.334 e. The van der Waals surface area contributed by atoms with Gasteiger partial charge in [-0.25, -0.2) is 4.39 Å². The second kappa shape index (κ2) is 8.78. The van der Waals surface area contributed by atoms with Crippen molar-refractivity contribution in [2.24, 2.45) is 0 Å². The van der Waals surface area contributed by atoms with E-state index in [-0.39, 0.29) is 30.1 Å². The second-order valence-corrected chi connectivity index (χ2v) is 8.84. The van der Waals surface area contributed by atoms with Crippen molar-refractivity contribution in [1.29, 1.82) is 0 Å². The summed E-state index contributed by atoms with van der Waals surface area (Å²) in [7, 11) is 0. The quantitative estimate of drug-likeness (QED) is 0.483. The molecule has 1 heterocycles. The Morgan fingerprint density at radius 3 is 2.77 bits per heavy atom. The molecule has 0 unspecified atom stereocenters. The van der Waals surface area contributed by atoms with Crippen LogP contribution in [0.3, 0.4) is 0 Å². The zero-order chi connectivity index (χ0) is 21.3. The van der Waals surface area contributed by atoms with E-state index in [1.54, 1.807) is 23.4 Å². The van der Waals surface area contributed by atoms with Gasteiger partial charge in [0.1, 0.15) is 12.1 Å². The van der Waals surface area contributed by atoms with Crippen LogP contribution in [-0.2, 0) is 11.3 Å². The number of aromatic nitrogens is 3. The van der Waals surface area contributed by atoms with E-state index in [0.29, 0.717) is 15.7 Å². The largest absolute Gasteiger partial charge is 0.334 e. The van der Waals surface area contributed by atoms with Crippen LogP contribution in [0.5, 0.6) is 0 Å². The van der Waals surface area contributed by atoms with Crippen molar-refractivity contribution in [1.82, 2.24) is 19.7 Å². The molecule has 0 radical (unpaired) electrons. The topological polar surface area (TPSA) is 51.0 Å². The summed E-state index contributed by atoms with van der Waals surface area (Å²) in [6.45, 7) is 4.30. The number of carbonyl (C=O) groups excluding carboxylic acids is 1. The molecule has 30 heavy (non-hydrogen) atoms. The molecule has 1 fully saturated rings. The van der Waals surface area contributed by atoms with Crippen molar-refractivity contribution in [2.75, 3.05) is 5.75 Å². The van der Waals surface area contributed by atoms with Gasteiger partial charge in [-0.1, -0.05) is 35.5 Å². The fourth-order valence-corrected chi connectivity index (χ4v) is 4.28. The SMILES string of the molecule is Cc1ccc(-n2cnnc2SCC(=O)N(Cc2c(F)cccc2Cl)C2CC2)cc1C. The zero-order valence-electron chi connectivity index (χ0n) is 16.8. The van der Waals surface area contributed by atoms with Gasteiger partial charge in [-0.15, -0.1) is 10.2 Å². The fourth-order valence-electron chi connectivity index (χ4n) is 3.25. The molecule has 0 atom stereocenters. The average molecular weight is 445 g/mol. The highest BCUT2D eigenvalue weighted by Crippen LogP contribution is 2.32. The van der Waals surface area contributed by atoms with E-state index in [1.807, 2.05) is 10.6 Å². The monoisotopic (exact) mass is 444 g/mol. The Hall–Kier alpha value is -2.38. The van der Waals surface area contributed by atoms with Crippen LogP contribution >= 0.6 is 23.4 Å². The zero-order valence-corrected chi connectivity index (χ0v) is 18.4. The van der Waals surface area contributed by atoms with E-state index in [0.717, 1.165) is 18.5 Å². The molecule has 1 aliphatic carbocycles. The van der Waals surface area contributed by atoms with Crippen LogP contribution in [-0.4, -0.2) is 37.4 Å². The van der Waals surface area contributed by atoms with E-state index in [1.165, 1.54) is 29.0 Å². The van der Waals surface area contributed by atoms with Crippen molar-refractivity contribution in [3.8, 4) is 5.69 Å². The Balaban J connectivity index is 1.47. The molecule has 1 saturated carbocycles. The number of thioether (sulfide) groups is 1. The van der Waals surface area contributed by atoms with Crippen LogP contribution in [0.15, 0.2) is 47.9 Å². The molecule has 0 saturated heterocycles. The molecule has 2 aromatic carbocycles. The Morgan fingerprint density at radius 2 is 2.07 bits per heavy atom. The maximum absolute atomic E-state index is 14.2. The molecule has 4 rings (SSSR count). The number of halogens is 2. The summed E-state index contributed by atoms with van der Waals surface area (Å²) in [6.07, 6.45) is 3.51. The number of aryl methyl sites for hydroxylation is 2. The van der Waals surface area contributed by atoms with Crippen molar-refractivity contribution in [3.63, 3.8) is 0 Å². The minimum absolute atomic E-state index is 0.0588. The van der Waals surface area contributed by atoms with Gasteiger partial charge in [-0.2, -0.15) is 0 Å². The first kappa shape index (κ1) is 20.9. The third-order valence-electron chi connectivity index (χ3n) is 5.31. The molecule has 3 aromatic rings. The summed E-state index contributed by atoms with van der Waals surface area (Å²) in [5.74, 6) is -0.244. The van der Waals surface area contributed by atoms with Crippen LogP contribution in [0.1, 0.15) is 29.5 Å². The molecule has 5 nitrogen and oxygen atoms in total. The lowest BCUT2D eigenvalue weighted by molar-refractivity contribution is -0.129. The number of nitrogens with zero attached hydrogens (tertiary/aromatic N) is 4. The maximum Gasteiger partial charge on any atom is 0.233 e. The summed E-state index contributed by atoms with van der Waals surface area (Å²) >= 11 is 7.50. The Kier molecular flexibility index (Phi) is 6.11. The van der Waals surface area contributed by atoms with Crippen LogP contribution in [0, 0.1) is 19.7 Å². The summed E-state index contributed by atoms with van der Waals surface area (Å²) in [4.78, 5) is 14.7. The third kappa shape index (κ3) is 4.52. The predicted molar refractivity (Wildman–Crippen MR) is 117 cm³/mol. The molecule has 0 bridgehead atoms. The molecule has 0 aliphatic heterocycles. The molecule has 0 spiro atoms. The van der Waals surface area contributed by atoms with Gasteiger partial charge in [-0.05, 0) is 62.1 Å². The van der Waals surface area contributed by atoms with Crippen LogP contribution in [0.4, 0.5) is 4.39 Å². The summed E-state index contributed by atoms with van der Waals surface area (Å²) in [6, 6.07) is 10.9. The van der Waals surface area contributed by atoms with Crippen LogP contribution in [0.2, 0.25) is 5.02 Å². The molecule has 1 amide bonds. The van der Waals surface area contributed by atoms with Crippen molar-refractivity contribution < 1.29 is 9.18 Å². The van der Waals surface area contributed by atoms with Gasteiger partial charge in [-0.3, -0.25) is 9.36 Å². The average Bonchev–Trinajstić information content (AvgIpc) is 3.45. The van der Waals surface area contributed by atoms with Gasteiger partial charge in [0.15, 0.2) is 5.16 Å². The minimum atomic E-state index is -0.386. The number of hydrogen-bond acceptors (Lipinski definition) is 4. The summed E-state index contributed by atoms with van der Waals surface area (Å²) < 4.78 is 16.1. The van der Waals surface area contributed by atoms with E-state index in [4.69, 9.17) is 11.6 Å². The normalized spacial score (nSPS) is 13.5. The van der Waals surface area contributed by atoms with Gasteiger partial charge >= 0.3 is 0 Å². The van der Waals surface area contributed by atoms with Gasteiger partial charge in [0, 0.05) is 22.3 Å². The van der Waals surface area contributed by atoms with Gasteiger partial charge in [0.05, 0.1) is 12.3 Å². The molecule has 0 N–H and O–H groups in total. The summed E-state index contributed by atoms with van der Waals surface area (Å²) in [5.41, 5.74) is 3.70. The first-order chi connectivity index (χ1) is 14.4. The predicted octanol–water partition coefficient (Wildman–Crippen LogP) is 4.96. The van der Waals surface area contributed by atoms with E-state index >= 15 is 0 Å². The summed E-state index contributed by atoms with van der Waals surface area (Å²) in [5, 5.41) is 9.17. The standard InChI is InChI=1S/C22H22ClFN4OS/c1-14-6-7-17(10-15(14)2)28-13-25-26-22(28)30-12-21(29)27(16-8-9-16)11-18-19(23)4-3-5-20(18)24/h3-7,10,13,16H,8-9,11-12H2,1-2H3. The highest BCUT2D eigenvalue weighted by Gasteiger charge is 2.33. The van der Waals surface area contributed by atoms with Crippen LogP contribution < -0.4 is 0 Å².